The summed E-state index contributed by atoms with van der Waals surface area (Å²) in [7, 11) is 0. The molecule has 0 heterocycles. The van der Waals surface area contributed by atoms with Crippen molar-refractivity contribution in [2.45, 2.75) is 51.0 Å². The fraction of sp³-hybridized carbons (Fsp3) is 0.562. The van der Waals surface area contributed by atoms with Gasteiger partial charge in [0.05, 0.1) is 5.54 Å². The number of amides is 1. The standard InChI is InChI=1S/C16H24N2O/c1-15(2,3)13-7-5-12(6-8-13)14(19)18-16(11-17)9-4-10-16/h5-8H,4,9-11,17H2,1-3H3,(H,18,19). The maximum absolute atomic E-state index is 12.2. The lowest BCUT2D eigenvalue weighted by molar-refractivity contribution is 0.0837. The molecule has 3 heteroatoms. The molecule has 0 unspecified atom stereocenters. The SMILES string of the molecule is CC(C)(C)c1ccc(C(=O)NC2(CN)CCC2)cc1. The fourth-order valence-electron chi connectivity index (χ4n) is 2.42. The molecule has 0 saturated heterocycles. The molecule has 0 bridgehead atoms. The second-order valence-corrected chi connectivity index (χ2v) is 6.62. The summed E-state index contributed by atoms with van der Waals surface area (Å²) in [6, 6.07) is 7.87. The van der Waals surface area contributed by atoms with E-state index in [1.807, 2.05) is 24.3 Å². The molecule has 0 radical (unpaired) electrons. The number of hydrogen-bond acceptors (Lipinski definition) is 2. The van der Waals surface area contributed by atoms with Gasteiger partial charge in [0, 0.05) is 12.1 Å². The molecule has 1 saturated carbocycles. The Morgan fingerprint density at radius 1 is 1.26 bits per heavy atom. The van der Waals surface area contributed by atoms with Crippen LogP contribution in [0.25, 0.3) is 0 Å². The first-order valence-electron chi connectivity index (χ1n) is 6.99. The van der Waals surface area contributed by atoms with E-state index in [0.717, 1.165) is 19.3 Å². The van der Waals surface area contributed by atoms with Gasteiger partial charge in [0.2, 0.25) is 0 Å². The molecule has 1 fully saturated rings. The highest BCUT2D eigenvalue weighted by molar-refractivity contribution is 5.94. The first kappa shape index (κ1) is 14.1. The van der Waals surface area contributed by atoms with Crippen LogP contribution in [0.2, 0.25) is 0 Å². The molecule has 3 nitrogen and oxygen atoms in total. The van der Waals surface area contributed by atoms with Crippen LogP contribution >= 0.6 is 0 Å². The van der Waals surface area contributed by atoms with Gasteiger partial charge in [0.25, 0.3) is 5.91 Å². The van der Waals surface area contributed by atoms with Gasteiger partial charge >= 0.3 is 0 Å². The van der Waals surface area contributed by atoms with E-state index < -0.39 is 0 Å². The number of hydrogen-bond donors (Lipinski definition) is 2. The van der Waals surface area contributed by atoms with Gasteiger partial charge in [-0.15, -0.1) is 0 Å². The van der Waals surface area contributed by atoms with Gasteiger partial charge < -0.3 is 11.1 Å². The smallest absolute Gasteiger partial charge is 0.251 e. The first-order chi connectivity index (χ1) is 8.86. The van der Waals surface area contributed by atoms with Gasteiger partial charge in [-0.1, -0.05) is 32.9 Å². The predicted octanol–water partition coefficient (Wildman–Crippen LogP) is 2.60. The molecule has 1 aliphatic rings. The zero-order valence-electron chi connectivity index (χ0n) is 12.1. The molecule has 1 aromatic rings. The van der Waals surface area contributed by atoms with Crippen LogP contribution < -0.4 is 11.1 Å². The number of carbonyl (C=O) groups is 1. The van der Waals surface area contributed by atoms with E-state index in [2.05, 4.69) is 26.1 Å². The van der Waals surface area contributed by atoms with Crippen molar-refractivity contribution in [1.29, 1.82) is 0 Å². The van der Waals surface area contributed by atoms with E-state index in [1.54, 1.807) is 0 Å². The van der Waals surface area contributed by atoms with Gasteiger partial charge in [-0.3, -0.25) is 4.79 Å². The maximum Gasteiger partial charge on any atom is 0.251 e. The van der Waals surface area contributed by atoms with Crippen LogP contribution in [0.1, 0.15) is 56.0 Å². The number of benzene rings is 1. The Balaban J connectivity index is 2.08. The second-order valence-electron chi connectivity index (χ2n) is 6.62. The highest BCUT2D eigenvalue weighted by Gasteiger charge is 2.37. The van der Waals surface area contributed by atoms with Crippen LogP contribution in [0.3, 0.4) is 0 Å². The molecule has 3 N–H and O–H groups in total. The summed E-state index contributed by atoms with van der Waals surface area (Å²) in [6.07, 6.45) is 3.14. The molecule has 1 aromatic carbocycles. The zero-order chi connectivity index (χ0) is 14.1. The predicted molar refractivity (Wildman–Crippen MR) is 78.2 cm³/mol. The summed E-state index contributed by atoms with van der Waals surface area (Å²) in [5.74, 6) is -0.00870. The molecule has 1 aliphatic carbocycles. The lowest BCUT2D eigenvalue weighted by Crippen LogP contribution is -2.58. The summed E-state index contributed by atoms with van der Waals surface area (Å²) in [5, 5.41) is 3.09. The Morgan fingerprint density at radius 2 is 1.84 bits per heavy atom. The third kappa shape index (κ3) is 2.98. The minimum atomic E-state index is -0.153. The van der Waals surface area contributed by atoms with Crippen molar-refractivity contribution in [3.8, 4) is 0 Å². The monoisotopic (exact) mass is 260 g/mol. The van der Waals surface area contributed by atoms with Crippen LogP contribution in [0.4, 0.5) is 0 Å². The summed E-state index contributed by atoms with van der Waals surface area (Å²) < 4.78 is 0. The molecule has 0 aliphatic heterocycles. The van der Waals surface area contributed by atoms with Crippen LogP contribution in [0.15, 0.2) is 24.3 Å². The lowest BCUT2D eigenvalue weighted by atomic mass is 9.76. The second kappa shape index (κ2) is 4.97. The highest BCUT2D eigenvalue weighted by atomic mass is 16.1. The van der Waals surface area contributed by atoms with Crippen LogP contribution in [-0.2, 0) is 5.41 Å². The van der Waals surface area contributed by atoms with E-state index in [1.165, 1.54) is 5.56 Å². The molecule has 19 heavy (non-hydrogen) atoms. The van der Waals surface area contributed by atoms with Gasteiger partial charge in [-0.05, 0) is 42.4 Å². The van der Waals surface area contributed by atoms with Gasteiger partial charge in [-0.2, -0.15) is 0 Å². The van der Waals surface area contributed by atoms with Crippen molar-refractivity contribution in [2.24, 2.45) is 5.73 Å². The van der Waals surface area contributed by atoms with Gasteiger partial charge in [0.1, 0.15) is 0 Å². The van der Waals surface area contributed by atoms with Crippen molar-refractivity contribution in [3.63, 3.8) is 0 Å². The van der Waals surface area contributed by atoms with E-state index in [0.29, 0.717) is 12.1 Å². The highest BCUT2D eigenvalue weighted by Crippen LogP contribution is 2.31. The third-order valence-electron chi connectivity index (χ3n) is 4.09. The van der Waals surface area contributed by atoms with E-state index in [9.17, 15) is 4.79 Å². The summed E-state index contributed by atoms with van der Waals surface area (Å²) in [4.78, 5) is 12.2. The number of carbonyl (C=O) groups excluding carboxylic acids is 1. The Kier molecular flexibility index (Phi) is 3.68. The quantitative estimate of drug-likeness (QED) is 0.877. The Labute approximate surface area is 115 Å². The van der Waals surface area contributed by atoms with Crippen molar-refractivity contribution >= 4 is 5.91 Å². The molecule has 104 valence electrons. The third-order valence-corrected chi connectivity index (χ3v) is 4.09. The normalized spacial score (nSPS) is 17.7. The van der Waals surface area contributed by atoms with Crippen molar-refractivity contribution in [1.82, 2.24) is 5.32 Å². The molecule has 2 rings (SSSR count). The topological polar surface area (TPSA) is 55.1 Å². The zero-order valence-corrected chi connectivity index (χ0v) is 12.1. The lowest BCUT2D eigenvalue weighted by Gasteiger charge is -2.41. The fourth-order valence-corrected chi connectivity index (χ4v) is 2.42. The van der Waals surface area contributed by atoms with E-state index in [4.69, 9.17) is 5.73 Å². The van der Waals surface area contributed by atoms with Gasteiger partial charge in [-0.25, -0.2) is 0 Å². The average Bonchev–Trinajstić information content (AvgIpc) is 2.32. The molecular weight excluding hydrogens is 236 g/mol. The minimum absolute atomic E-state index is 0.00870. The average molecular weight is 260 g/mol. The number of nitrogens with one attached hydrogen (secondary N) is 1. The Morgan fingerprint density at radius 3 is 2.21 bits per heavy atom. The molecular formula is C16H24N2O. The Bertz CT molecular complexity index is 447. The van der Waals surface area contributed by atoms with Crippen LogP contribution in [-0.4, -0.2) is 18.0 Å². The minimum Gasteiger partial charge on any atom is -0.345 e. The van der Waals surface area contributed by atoms with E-state index >= 15 is 0 Å². The number of rotatable bonds is 3. The molecule has 0 atom stereocenters. The van der Waals surface area contributed by atoms with Crippen molar-refractivity contribution in [2.75, 3.05) is 6.54 Å². The van der Waals surface area contributed by atoms with Crippen molar-refractivity contribution < 1.29 is 4.79 Å². The summed E-state index contributed by atoms with van der Waals surface area (Å²) in [6.45, 7) is 7.03. The molecule has 0 spiro atoms. The largest absolute Gasteiger partial charge is 0.345 e. The van der Waals surface area contributed by atoms with Crippen LogP contribution in [0.5, 0.6) is 0 Å². The van der Waals surface area contributed by atoms with Gasteiger partial charge in [0.15, 0.2) is 0 Å². The van der Waals surface area contributed by atoms with Crippen molar-refractivity contribution in [3.05, 3.63) is 35.4 Å². The molecule has 0 aromatic heterocycles. The van der Waals surface area contributed by atoms with E-state index in [-0.39, 0.29) is 16.9 Å². The van der Waals surface area contributed by atoms with Crippen LogP contribution in [0, 0.1) is 0 Å². The number of nitrogens with two attached hydrogens (primary N) is 1. The Hall–Kier alpha value is -1.35. The summed E-state index contributed by atoms with van der Waals surface area (Å²) in [5.41, 5.74) is 7.67. The first-order valence-corrected chi connectivity index (χ1v) is 6.99. The summed E-state index contributed by atoms with van der Waals surface area (Å²) >= 11 is 0. The molecule has 1 amide bonds. The maximum atomic E-state index is 12.2.